The second-order valence-electron chi connectivity index (χ2n) is 4.78. The monoisotopic (exact) mass is 258 g/mol. The molecule has 1 saturated carbocycles. The second kappa shape index (κ2) is 8.45. The minimum atomic E-state index is 0.192. The van der Waals surface area contributed by atoms with Crippen LogP contribution >= 0.6 is 0 Å². The van der Waals surface area contributed by atoms with Crippen LogP contribution in [0.25, 0.3) is 0 Å². The highest BCUT2D eigenvalue weighted by Gasteiger charge is 2.32. The van der Waals surface area contributed by atoms with Crippen LogP contribution in [0.15, 0.2) is 0 Å². The van der Waals surface area contributed by atoms with Crippen molar-refractivity contribution >= 4 is 5.91 Å². The zero-order chi connectivity index (χ0) is 13.4. The van der Waals surface area contributed by atoms with Crippen molar-refractivity contribution in [1.29, 1.82) is 0 Å². The second-order valence-corrected chi connectivity index (χ2v) is 4.78. The van der Waals surface area contributed by atoms with Crippen molar-refractivity contribution in [1.82, 2.24) is 4.90 Å². The highest BCUT2D eigenvalue weighted by Crippen LogP contribution is 2.33. The SMILES string of the molecule is CCOC1CC(CC(=O)N(CCN)CCOC)C1. The van der Waals surface area contributed by atoms with Crippen molar-refractivity contribution in [3.63, 3.8) is 0 Å². The molecule has 18 heavy (non-hydrogen) atoms. The number of ether oxygens (including phenoxy) is 2. The van der Waals surface area contributed by atoms with Crippen LogP contribution in [0.2, 0.25) is 0 Å². The summed E-state index contributed by atoms with van der Waals surface area (Å²) < 4.78 is 10.5. The Bertz CT molecular complexity index is 242. The maximum absolute atomic E-state index is 12.1. The molecule has 1 rings (SSSR count). The number of hydrogen-bond acceptors (Lipinski definition) is 4. The lowest BCUT2D eigenvalue weighted by atomic mass is 9.79. The van der Waals surface area contributed by atoms with Gasteiger partial charge < -0.3 is 20.1 Å². The largest absolute Gasteiger partial charge is 0.383 e. The molecule has 0 aromatic heterocycles. The fourth-order valence-corrected chi connectivity index (χ4v) is 2.31. The first-order chi connectivity index (χ1) is 8.71. The molecule has 0 bridgehead atoms. The molecular weight excluding hydrogens is 232 g/mol. The highest BCUT2D eigenvalue weighted by atomic mass is 16.5. The van der Waals surface area contributed by atoms with Gasteiger partial charge in [0.2, 0.25) is 5.91 Å². The molecule has 0 aromatic carbocycles. The van der Waals surface area contributed by atoms with E-state index < -0.39 is 0 Å². The van der Waals surface area contributed by atoms with Crippen LogP contribution in [0.4, 0.5) is 0 Å². The lowest BCUT2D eigenvalue weighted by molar-refractivity contribution is -0.135. The third-order valence-corrected chi connectivity index (χ3v) is 3.38. The smallest absolute Gasteiger partial charge is 0.222 e. The van der Waals surface area contributed by atoms with Crippen molar-refractivity contribution in [3.8, 4) is 0 Å². The third kappa shape index (κ3) is 4.92. The molecule has 2 N–H and O–H groups in total. The first kappa shape index (κ1) is 15.4. The molecule has 0 spiro atoms. The van der Waals surface area contributed by atoms with E-state index >= 15 is 0 Å². The van der Waals surface area contributed by atoms with E-state index in [0.29, 0.717) is 44.7 Å². The summed E-state index contributed by atoms with van der Waals surface area (Å²) in [5.41, 5.74) is 5.52. The average molecular weight is 258 g/mol. The number of carbonyl (C=O) groups excluding carboxylic acids is 1. The van der Waals surface area contributed by atoms with Crippen molar-refractivity contribution in [2.75, 3.05) is 40.0 Å². The number of carbonyl (C=O) groups is 1. The Kier molecular flexibility index (Phi) is 7.23. The molecule has 0 heterocycles. The van der Waals surface area contributed by atoms with Crippen LogP contribution in [-0.2, 0) is 14.3 Å². The highest BCUT2D eigenvalue weighted by molar-refractivity contribution is 5.76. The quantitative estimate of drug-likeness (QED) is 0.658. The number of methoxy groups -OCH3 is 1. The van der Waals surface area contributed by atoms with Gasteiger partial charge in [-0.3, -0.25) is 4.79 Å². The van der Waals surface area contributed by atoms with Gasteiger partial charge in [0.05, 0.1) is 12.7 Å². The predicted molar refractivity (Wildman–Crippen MR) is 70.3 cm³/mol. The minimum Gasteiger partial charge on any atom is -0.383 e. The molecule has 106 valence electrons. The summed E-state index contributed by atoms with van der Waals surface area (Å²) in [7, 11) is 1.64. The van der Waals surface area contributed by atoms with Gasteiger partial charge in [-0.05, 0) is 25.7 Å². The molecule has 1 aliphatic carbocycles. The third-order valence-electron chi connectivity index (χ3n) is 3.38. The Hall–Kier alpha value is -0.650. The van der Waals surface area contributed by atoms with Gasteiger partial charge in [-0.1, -0.05) is 0 Å². The van der Waals surface area contributed by atoms with Gasteiger partial charge in [0, 0.05) is 39.8 Å². The molecule has 0 aliphatic heterocycles. The fourth-order valence-electron chi connectivity index (χ4n) is 2.31. The van der Waals surface area contributed by atoms with Gasteiger partial charge in [0.15, 0.2) is 0 Å². The summed E-state index contributed by atoms with van der Waals surface area (Å²) in [6.45, 7) is 5.09. The Morgan fingerprint density at radius 3 is 2.67 bits per heavy atom. The zero-order valence-corrected chi connectivity index (χ0v) is 11.6. The first-order valence-corrected chi connectivity index (χ1v) is 6.79. The van der Waals surface area contributed by atoms with Crippen LogP contribution in [-0.4, -0.2) is 56.9 Å². The standard InChI is InChI=1S/C13H26N2O3/c1-3-18-12-8-11(9-12)10-13(16)15(5-4-14)6-7-17-2/h11-12H,3-10,14H2,1-2H3. The Balaban J connectivity index is 2.24. The molecule has 0 aromatic rings. The number of rotatable bonds is 9. The van der Waals surface area contributed by atoms with Crippen LogP contribution in [0.1, 0.15) is 26.2 Å². The minimum absolute atomic E-state index is 0.192. The lowest BCUT2D eigenvalue weighted by Gasteiger charge is -2.35. The maximum atomic E-state index is 12.1. The topological polar surface area (TPSA) is 64.8 Å². The van der Waals surface area contributed by atoms with E-state index in [-0.39, 0.29) is 5.91 Å². The summed E-state index contributed by atoms with van der Waals surface area (Å²) in [6.07, 6.45) is 3.02. The fraction of sp³-hybridized carbons (Fsp3) is 0.923. The van der Waals surface area contributed by atoms with Gasteiger partial charge >= 0.3 is 0 Å². The number of hydrogen-bond donors (Lipinski definition) is 1. The van der Waals surface area contributed by atoms with Crippen LogP contribution in [0.3, 0.4) is 0 Å². The Labute approximate surface area is 110 Å². The van der Waals surface area contributed by atoms with E-state index in [1.807, 2.05) is 6.92 Å². The normalized spacial score (nSPS) is 22.6. The van der Waals surface area contributed by atoms with Gasteiger partial charge in [-0.25, -0.2) is 0 Å². The van der Waals surface area contributed by atoms with Crippen molar-refractivity contribution in [3.05, 3.63) is 0 Å². The van der Waals surface area contributed by atoms with Gasteiger partial charge in [0.25, 0.3) is 0 Å². The Morgan fingerprint density at radius 2 is 2.11 bits per heavy atom. The summed E-state index contributed by atoms with van der Waals surface area (Å²) in [5.74, 6) is 0.675. The molecule has 0 saturated heterocycles. The predicted octanol–water partition coefficient (Wildman–Crippen LogP) is 0.625. The molecule has 1 amide bonds. The lowest BCUT2D eigenvalue weighted by Crippen LogP contribution is -2.41. The van der Waals surface area contributed by atoms with Crippen LogP contribution < -0.4 is 5.73 Å². The molecule has 0 unspecified atom stereocenters. The molecule has 0 radical (unpaired) electrons. The molecule has 0 atom stereocenters. The Morgan fingerprint density at radius 1 is 1.39 bits per heavy atom. The van der Waals surface area contributed by atoms with Crippen molar-refractivity contribution in [2.45, 2.75) is 32.3 Å². The summed E-state index contributed by atoms with van der Waals surface area (Å²) in [5, 5.41) is 0. The van der Waals surface area contributed by atoms with E-state index in [4.69, 9.17) is 15.2 Å². The maximum Gasteiger partial charge on any atom is 0.222 e. The number of nitrogens with two attached hydrogens (primary N) is 1. The average Bonchev–Trinajstić information content (AvgIpc) is 2.31. The molecule has 1 fully saturated rings. The number of amides is 1. The van der Waals surface area contributed by atoms with E-state index in [1.54, 1.807) is 12.0 Å². The van der Waals surface area contributed by atoms with Crippen LogP contribution in [0.5, 0.6) is 0 Å². The van der Waals surface area contributed by atoms with E-state index in [2.05, 4.69) is 0 Å². The molecule has 1 aliphatic rings. The van der Waals surface area contributed by atoms with Crippen LogP contribution in [0, 0.1) is 5.92 Å². The van der Waals surface area contributed by atoms with E-state index in [0.717, 1.165) is 19.4 Å². The first-order valence-electron chi connectivity index (χ1n) is 6.79. The molecular formula is C13H26N2O3. The number of nitrogens with zero attached hydrogens (tertiary/aromatic N) is 1. The van der Waals surface area contributed by atoms with Crippen molar-refractivity contribution in [2.24, 2.45) is 11.7 Å². The summed E-state index contributed by atoms with van der Waals surface area (Å²) >= 11 is 0. The summed E-state index contributed by atoms with van der Waals surface area (Å²) in [4.78, 5) is 13.9. The van der Waals surface area contributed by atoms with Gasteiger partial charge in [-0.15, -0.1) is 0 Å². The van der Waals surface area contributed by atoms with E-state index in [9.17, 15) is 4.79 Å². The zero-order valence-electron chi connectivity index (χ0n) is 11.6. The summed E-state index contributed by atoms with van der Waals surface area (Å²) in [6, 6.07) is 0. The van der Waals surface area contributed by atoms with E-state index in [1.165, 1.54) is 0 Å². The van der Waals surface area contributed by atoms with Gasteiger partial charge in [0.1, 0.15) is 0 Å². The van der Waals surface area contributed by atoms with Gasteiger partial charge in [-0.2, -0.15) is 0 Å². The molecule has 5 nitrogen and oxygen atoms in total. The van der Waals surface area contributed by atoms with Crippen molar-refractivity contribution < 1.29 is 14.3 Å². The molecule has 5 heteroatoms.